The van der Waals surface area contributed by atoms with E-state index in [2.05, 4.69) is 37.0 Å². The highest BCUT2D eigenvalue weighted by atomic mass is 16.5. The van der Waals surface area contributed by atoms with E-state index in [4.69, 9.17) is 9.47 Å². The van der Waals surface area contributed by atoms with E-state index in [-0.39, 0.29) is 47.3 Å². The van der Waals surface area contributed by atoms with Crippen molar-refractivity contribution in [1.82, 2.24) is 4.90 Å². The minimum atomic E-state index is -1.01. The van der Waals surface area contributed by atoms with Gasteiger partial charge in [-0.05, 0) is 80.6 Å². The highest BCUT2D eigenvalue weighted by Crippen LogP contribution is 2.78. The van der Waals surface area contributed by atoms with Crippen molar-refractivity contribution in [2.24, 2.45) is 33.5 Å². The second-order valence-corrected chi connectivity index (χ2v) is 17.5. The van der Waals surface area contributed by atoms with E-state index >= 15 is 0 Å². The zero-order valence-electron chi connectivity index (χ0n) is 30.5. The molecule has 10 atom stereocenters. The van der Waals surface area contributed by atoms with Crippen LogP contribution in [0.4, 0.5) is 0 Å². The van der Waals surface area contributed by atoms with Gasteiger partial charge in [-0.25, -0.2) is 0 Å². The maximum atomic E-state index is 14.7. The Bertz CT molecular complexity index is 1640. The Hall–Kier alpha value is -2.65. The van der Waals surface area contributed by atoms with Crippen LogP contribution in [-0.4, -0.2) is 82.8 Å². The Morgan fingerprint density at radius 3 is 2.39 bits per heavy atom. The first kappa shape index (κ1) is 35.4. The lowest BCUT2D eigenvalue weighted by Crippen LogP contribution is -2.67. The van der Waals surface area contributed by atoms with Crippen LogP contribution in [0.5, 0.6) is 0 Å². The van der Waals surface area contributed by atoms with Crippen molar-refractivity contribution in [3.8, 4) is 0 Å². The van der Waals surface area contributed by atoms with Crippen LogP contribution in [0, 0.1) is 33.5 Å². The lowest BCUT2D eigenvalue weighted by atomic mass is 9.32. The van der Waals surface area contributed by atoms with E-state index in [1.54, 1.807) is 0 Å². The molecule has 1 saturated heterocycles. The molecule has 7 nitrogen and oxygen atoms in total. The number of aliphatic hydroxyl groups excluding tert-OH is 2. The number of nitrogens with zero attached hydrogens (tertiary/aromatic N) is 1. The second kappa shape index (κ2) is 13.3. The largest absolute Gasteiger partial charge is 0.393 e. The molecule has 7 heteroatoms. The smallest absolute Gasteiger partial charge is 0.189 e. The first-order valence-corrected chi connectivity index (χ1v) is 19.6. The third-order valence-corrected chi connectivity index (χ3v) is 14.9. The number of carbonyl (C=O) groups excluding carboxylic acids is 1. The topological polar surface area (TPSA) is 99.5 Å². The molecule has 1 heterocycles. The number of aliphatic hydroxyl groups is 3. The fraction of sp³-hybridized carbons (Fsp3) is 0.614. The van der Waals surface area contributed by atoms with Gasteiger partial charge in [0.05, 0.1) is 37.1 Å². The van der Waals surface area contributed by atoms with Crippen molar-refractivity contribution < 1.29 is 29.6 Å². The molecule has 0 aromatic heterocycles. The van der Waals surface area contributed by atoms with Crippen molar-refractivity contribution in [2.45, 2.75) is 102 Å². The minimum Gasteiger partial charge on any atom is -0.393 e. The molecule has 7 aliphatic rings. The van der Waals surface area contributed by atoms with E-state index in [9.17, 15) is 20.1 Å². The van der Waals surface area contributed by atoms with Crippen LogP contribution >= 0.6 is 0 Å². The van der Waals surface area contributed by atoms with Gasteiger partial charge in [-0.1, -0.05) is 92.7 Å². The summed E-state index contributed by atoms with van der Waals surface area (Å²) in [5, 5.41) is 35.3. The summed E-state index contributed by atoms with van der Waals surface area (Å²) >= 11 is 0. The third-order valence-electron chi connectivity index (χ3n) is 14.9. The zero-order valence-corrected chi connectivity index (χ0v) is 30.5. The number of Topliss-reactive ketones (excluding diaryl/α,β-unsaturated/α-hetero) is 1. The molecule has 0 radical (unpaired) electrons. The average molecular weight is 696 g/mol. The van der Waals surface area contributed by atoms with Crippen LogP contribution in [-0.2, 0) is 16.1 Å². The quantitative estimate of drug-likeness (QED) is 0.172. The molecule has 9 rings (SSSR count). The number of ketones is 1. The number of rotatable bonds is 12. The molecule has 1 unspecified atom stereocenters. The predicted molar refractivity (Wildman–Crippen MR) is 197 cm³/mol. The molecule has 3 N–H and O–H groups in total. The molecule has 4 fully saturated rings. The van der Waals surface area contributed by atoms with Crippen molar-refractivity contribution >= 4 is 5.78 Å². The number of allylic oxidation sites excluding steroid dienone is 4. The molecule has 2 spiro atoms. The molecular formula is C44H57NO6. The van der Waals surface area contributed by atoms with Gasteiger partial charge in [0.1, 0.15) is 0 Å². The van der Waals surface area contributed by atoms with Gasteiger partial charge in [-0.2, -0.15) is 0 Å². The molecule has 0 amide bonds. The first-order chi connectivity index (χ1) is 24.5. The van der Waals surface area contributed by atoms with Crippen molar-refractivity contribution in [3.05, 3.63) is 95.6 Å². The maximum Gasteiger partial charge on any atom is 0.189 e. The minimum absolute atomic E-state index is 0.0702. The summed E-state index contributed by atoms with van der Waals surface area (Å²) in [6, 6.07) is 19.7. The second-order valence-electron chi connectivity index (χ2n) is 17.5. The number of benzene rings is 2. The highest BCUT2D eigenvalue weighted by molar-refractivity contribution is 6.10. The van der Waals surface area contributed by atoms with E-state index in [1.807, 2.05) is 60.7 Å². The number of carbonyl (C=O) groups is 1. The summed E-state index contributed by atoms with van der Waals surface area (Å²) < 4.78 is 12.0. The van der Waals surface area contributed by atoms with Crippen molar-refractivity contribution in [1.29, 1.82) is 0 Å². The van der Waals surface area contributed by atoms with Crippen molar-refractivity contribution in [2.75, 3.05) is 32.8 Å². The summed E-state index contributed by atoms with van der Waals surface area (Å²) in [7, 11) is 0. The standard InChI is InChI=1S/C44H57NO6/c1-40-18-15-33(46)24-42(40)21-22-44(36(25-42)39(48)32-12-7-4-8-13-32)37(40)16-19-41(2)38(44)17-20-43(41,49)30-45(27-35-14-9-23-51-35)26-34(47)29-50-28-31-10-5-3-6-11-31/h3-8,10-13,21-22,25,33-35,37-38,46-47,49H,9,14-20,23-24,26-30H2,1-2H3/t33?,34-,35-,37-,38-,40-,41+,42+,43-,44-/m1/s1. The van der Waals surface area contributed by atoms with Crippen LogP contribution in [0.25, 0.3) is 0 Å². The summed E-state index contributed by atoms with van der Waals surface area (Å²) in [5.74, 6) is 0.418. The molecule has 2 aromatic carbocycles. The van der Waals surface area contributed by atoms with Crippen LogP contribution in [0.15, 0.2) is 84.5 Å². The van der Waals surface area contributed by atoms with Crippen molar-refractivity contribution in [3.63, 3.8) is 0 Å². The Balaban J connectivity index is 1.10. The third kappa shape index (κ3) is 5.73. The summed E-state index contributed by atoms with van der Waals surface area (Å²) in [6.45, 7) is 7.63. The van der Waals surface area contributed by atoms with E-state index in [1.165, 1.54) is 0 Å². The number of ether oxygens (including phenoxy) is 2. The SMILES string of the molecule is C[C@]12CC[C@H]3[C@]4(C=C[C@@]5(C=C4C(=O)c4ccccc4)CC(O)CC[C@]35C)[C@@H]1CC[C@@]2(O)CN(C[C@@H](O)COCc1ccccc1)C[C@H]1CCCO1. The van der Waals surface area contributed by atoms with E-state index in [0.717, 1.165) is 62.7 Å². The fourth-order valence-electron chi connectivity index (χ4n) is 12.2. The van der Waals surface area contributed by atoms with Gasteiger partial charge in [0.25, 0.3) is 0 Å². The summed E-state index contributed by atoms with van der Waals surface area (Å²) in [5.41, 5.74) is 0.293. The Labute approximate surface area is 303 Å². The van der Waals surface area contributed by atoms with Gasteiger partial charge >= 0.3 is 0 Å². The zero-order chi connectivity index (χ0) is 35.5. The normalized spacial score (nSPS) is 40.1. The molecule has 2 bridgehead atoms. The predicted octanol–water partition coefficient (Wildman–Crippen LogP) is 6.52. The van der Waals surface area contributed by atoms with Crippen LogP contribution in [0.2, 0.25) is 0 Å². The van der Waals surface area contributed by atoms with E-state index < -0.39 is 22.5 Å². The van der Waals surface area contributed by atoms with Crippen LogP contribution < -0.4 is 0 Å². The van der Waals surface area contributed by atoms with Gasteiger partial charge in [0.2, 0.25) is 0 Å². The molecule has 274 valence electrons. The lowest BCUT2D eigenvalue weighted by Gasteiger charge is -2.71. The molecule has 3 saturated carbocycles. The van der Waals surface area contributed by atoms with Gasteiger partial charge in [-0.15, -0.1) is 0 Å². The van der Waals surface area contributed by atoms with E-state index in [0.29, 0.717) is 44.6 Å². The molecule has 51 heavy (non-hydrogen) atoms. The highest BCUT2D eigenvalue weighted by Gasteiger charge is 2.74. The van der Waals surface area contributed by atoms with Gasteiger partial charge in [0.15, 0.2) is 5.78 Å². The summed E-state index contributed by atoms with van der Waals surface area (Å²) in [4.78, 5) is 17.0. The maximum absolute atomic E-state index is 14.7. The summed E-state index contributed by atoms with van der Waals surface area (Å²) in [6.07, 6.45) is 13.7. The Kier molecular flexibility index (Phi) is 9.25. The monoisotopic (exact) mass is 695 g/mol. The number of fused-ring (bicyclic) bond motifs is 1. The number of hydrogen-bond donors (Lipinski definition) is 3. The van der Waals surface area contributed by atoms with Gasteiger partial charge < -0.3 is 24.8 Å². The first-order valence-electron chi connectivity index (χ1n) is 19.6. The van der Waals surface area contributed by atoms with Crippen LogP contribution in [0.3, 0.4) is 0 Å². The average Bonchev–Trinajstić information content (AvgIpc) is 3.73. The molecule has 1 aliphatic heterocycles. The molecule has 2 aromatic rings. The lowest BCUT2D eigenvalue weighted by molar-refractivity contribution is -0.177. The Morgan fingerprint density at radius 1 is 0.941 bits per heavy atom. The fourth-order valence-corrected chi connectivity index (χ4v) is 12.2. The van der Waals surface area contributed by atoms with Crippen LogP contribution in [0.1, 0.15) is 87.6 Å². The molecular weight excluding hydrogens is 638 g/mol. The molecule has 6 aliphatic carbocycles. The van der Waals surface area contributed by atoms with Gasteiger partial charge in [-0.3, -0.25) is 9.69 Å². The van der Waals surface area contributed by atoms with Gasteiger partial charge in [0, 0.05) is 53.6 Å². The number of hydrogen-bond acceptors (Lipinski definition) is 7. The Morgan fingerprint density at radius 2 is 1.65 bits per heavy atom.